The van der Waals surface area contributed by atoms with Crippen LogP contribution in [0.2, 0.25) is 0 Å². The minimum atomic E-state index is -0.271. The molecule has 4 aliphatic rings. The van der Waals surface area contributed by atoms with Crippen LogP contribution in [0.1, 0.15) is 84.6 Å². The van der Waals surface area contributed by atoms with Crippen molar-refractivity contribution in [2.24, 2.45) is 39.9 Å². The Morgan fingerprint density at radius 2 is 1.68 bits per heavy atom. The van der Waals surface area contributed by atoms with Gasteiger partial charge in [-0.1, -0.05) is 46.2 Å². The smallest absolute Gasteiger partial charge is 0.164 e. The molecule has 168 valence electrons. The van der Waals surface area contributed by atoms with Gasteiger partial charge in [-0.25, -0.2) is 0 Å². The van der Waals surface area contributed by atoms with Gasteiger partial charge in [0.2, 0.25) is 0 Å². The lowest BCUT2D eigenvalue weighted by molar-refractivity contribution is -0.153. The van der Waals surface area contributed by atoms with E-state index in [9.17, 15) is 4.79 Å². The quantitative estimate of drug-likeness (QED) is 0.468. The second-order valence-electron chi connectivity index (χ2n) is 12.3. The van der Waals surface area contributed by atoms with Gasteiger partial charge < -0.3 is 4.74 Å². The van der Waals surface area contributed by atoms with Crippen LogP contribution in [0.25, 0.3) is 6.08 Å². The summed E-state index contributed by atoms with van der Waals surface area (Å²) < 4.78 is 5.31. The number of hydrogen-bond acceptors (Lipinski definition) is 2. The molecular formula is C29H40O2. The lowest BCUT2D eigenvalue weighted by Gasteiger charge is -2.63. The summed E-state index contributed by atoms with van der Waals surface area (Å²) >= 11 is 0. The molecule has 0 bridgehead atoms. The molecular weight excluding hydrogens is 380 g/mol. The highest BCUT2D eigenvalue weighted by Crippen LogP contribution is 2.68. The zero-order valence-electron chi connectivity index (χ0n) is 20.2. The largest absolute Gasteiger partial charge is 0.497 e. The number of ketones is 1. The summed E-state index contributed by atoms with van der Waals surface area (Å²) in [6.45, 7) is 9.62. The number of allylic oxidation sites excluding steroid dienone is 1. The van der Waals surface area contributed by atoms with Gasteiger partial charge in [-0.3, -0.25) is 4.79 Å². The maximum Gasteiger partial charge on any atom is 0.164 e. The standard InChI is InChI=1S/C29H40O2/c1-27(2)25-13-12-22-23-7-6-15-28(23,3)16-14-24(22)29(25,4)18-20(26(27)30)17-19-8-10-21(31-5)11-9-19/h8-11,17,22-25H,6-7,12-16,18H2,1-5H3/b20-17-/t22-,23-,24+,25-,28-,29+/m0/s1. The molecule has 0 radical (unpaired) electrons. The average Bonchev–Trinajstić information content (AvgIpc) is 3.14. The van der Waals surface area contributed by atoms with E-state index in [4.69, 9.17) is 4.74 Å². The zero-order valence-corrected chi connectivity index (χ0v) is 20.2. The van der Waals surface area contributed by atoms with E-state index in [0.717, 1.165) is 41.1 Å². The fourth-order valence-corrected chi connectivity index (χ4v) is 8.97. The SMILES string of the molecule is COc1ccc(/C=C2/C[C@]3(C)[C@@H]4CC[C@]5(C)CCC[C@H]5[C@@H]4CC[C@H]3C(C)(C)C2=O)cc1. The van der Waals surface area contributed by atoms with E-state index >= 15 is 0 Å². The van der Waals surface area contributed by atoms with Gasteiger partial charge in [-0.15, -0.1) is 0 Å². The molecule has 0 N–H and O–H groups in total. The van der Waals surface area contributed by atoms with Crippen LogP contribution in [0, 0.1) is 39.9 Å². The Kier molecular flexibility index (Phi) is 4.96. The predicted molar refractivity (Wildman–Crippen MR) is 127 cm³/mol. The minimum Gasteiger partial charge on any atom is -0.497 e. The molecule has 2 nitrogen and oxygen atoms in total. The number of rotatable bonds is 2. The predicted octanol–water partition coefficient (Wildman–Crippen LogP) is 7.33. The van der Waals surface area contributed by atoms with Crippen molar-refractivity contribution in [1.29, 1.82) is 0 Å². The van der Waals surface area contributed by atoms with Gasteiger partial charge >= 0.3 is 0 Å². The number of carbonyl (C=O) groups excluding carboxylic acids is 1. The van der Waals surface area contributed by atoms with Crippen LogP contribution in [-0.2, 0) is 4.79 Å². The van der Waals surface area contributed by atoms with Crippen molar-refractivity contribution in [2.75, 3.05) is 7.11 Å². The number of Topliss-reactive ketones (excluding diaryl/α,β-unsaturated/α-hetero) is 1. The Morgan fingerprint density at radius 3 is 2.39 bits per heavy atom. The summed E-state index contributed by atoms with van der Waals surface area (Å²) in [4.78, 5) is 13.7. The van der Waals surface area contributed by atoms with E-state index in [1.165, 1.54) is 44.9 Å². The second kappa shape index (κ2) is 7.22. The fraction of sp³-hybridized carbons (Fsp3) is 0.690. The van der Waals surface area contributed by atoms with Crippen molar-refractivity contribution in [3.05, 3.63) is 35.4 Å². The van der Waals surface area contributed by atoms with Crippen molar-refractivity contribution in [3.8, 4) is 5.75 Å². The first-order valence-electron chi connectivity index (χ1n) is 12.6. The number of hydrogen-bond donors (Lipinski definition) is 0. The monoisotopic (exact) mass is 420 g/mol. The molecule has 1 aromatic rings. The number of ether oxygens (including phenoxy) is 1. The number of benzene rings is 1. The van der Waals surface area contributed by atoms with Gasteiger partial charge in [-0.05, 0) is 109 Å². The molecule has 31 heavy (non-hydrogen) atoms. The van der Waals surface area contributed by atoms with Gasteiger partial charge in [0.05, 0.1) is 7.11 Å². The van der Waals surface area contributed by atoms with Crippen molar-refractivity contribution in [3.63, 3.8) is 0 Å². The molecule has 1 aromatic carbocycles. The fourth-order valence-electron chi connectivity index (χ4n) is 8.97. The molecule has 0 heterocycles. The van der Waals surface area contributed by atoms with Crippen molar-refractivity contribution < 1.29 is 9.53 Å². The third kappa shape index (κ3) is 3.15. The maximum absolute atomic E-state index is 13.7. The molecule has 0 unspecified atom stereocenters. The molecule has 6 atom stereocenters. The van der Waals surface area contributed by atoms with Gasteiger partial charge in [0, 0.05) is 5.41 Å². The first-order chi connectivity index (χ1) is 14.7. The Balaban J connectivity index is 1.51. The molecule has 2 heteroatoms. The average molecular weight is 421 g/mol. The Labute approximate surface area is 188 Å². The minimum absolute atomic E-state index is 0.239. The van der Waals surface area contributed by atoms with Gasteiger partial charge in [0.25, 0.3) is 0 Å². The van der Waals surface area contributed by atoms with Crippen LogP contribution < -0.4 is 4.74 Å². The highest BCUT2D eigenvalue weighted by molar-refractivity contribution is 6.04. The topological polar surface area (TPSA) is 26.3 Å². The molecule has 0 amide bonds. The summed E-state index contributed by atoms with van der Waals surface area (Å²) in [6, 6.07) is 8.14. The maximum atomic E-state index is 13.7. The summed E-state index contributed by atoms with van der Waals surface area (Å²) in [7, 11) is 1.70. The van der Waals surface area contributed by atoms with E-state index in [0.29, 0.717) is 17.1 Å². The van der Waals surface area contributed by atoms with Gasteiger partial charge in [0.1, 0.15) is 5.75 Å². The lowest BCUT2D eigenvalue weighted by atomic mass is 9.41. The third-order valence-corrected chi connectivity index (χ3v) is 10.4. The summed E-state index contributed by atoms with van der Waals surface area (Å²) in [5, 5.41) is 0. The molecule has 4 fully saturated rings. The number of fused-ring (bicyclic) bond motifs is 5. The number of carbonyl (C=O) groups is 1. The molecule has 5 rings (SSSR count). The van der Waals surface area contributed by atoms with E-state index in [1.54, 1.807) is 7.11 Å². The molecule has 4 aliphatic carbocycles. The van der Waals surface area contributed by atoms with Crippen LogP contribution in [0.3, 0.4) is 0 Å². The Hall–Kier alpha value is -1.57. The van der Waals surface area contributed by atoms with E-state index in [2.05, 4.69) is 45.9 Å². The van der Waals surface area contributed by atoms with Crippen LogP contribution in [0.5, 0.6) is 5.75 Å². The summed E-state index contributed by atoms with van der Waals surface area (Å²) in [6.07, 6.45) is 12.8. The van der Waals surface area contributed by atoms with Crippen molar-refractivity contribution in [2.45, 2.75) is 79.1 Å². The second-order valence-corrected chi connectivity index (χ2v) is 12.3. The van der Waals surface area contributed by atoms with Crippen LogP contribution in [0.4, 0.5) is 0 Å². The molecule has 0 aromatic heterocycles. The normalized spacial score (nSPS) is 42.6. The van der Waals surface area contributed by atoms with E-state index < -0.39 is 0 Å². The molecule has 0 saturated heterocycles. The Bertz CT molecular complexity index is 894. The first kappa shape index (κ1) is 21.3. The highest BCUT2D eigenvalue weighted by Gasteiger charge is 2.62. The summed E-state index contributed by atoms with van der Waals surface area (Å²) in [5.41, 5.74) is 2.72. The highest BCUT2D eigenvalue weighted by atomic mass is 16.5. The molecule has 0 spiro atoms. The molecule has 4 saturated carbocycles. The van der Waals surface area contributed by atoms with Crippen LogP contribution in [0.15, 0.2) is 29.8 Å². The summed E-state index contributed by atoms with van der Waals surface area (Å²) in [5.74, 6) is 4.31. The van der Waals surface area contributed by atoms with E-state index in [-0.39, 0.29) is 10.8 Å². The van der Waals surface area contributed by atoms with Crippen LogP contribution in [-0.4, -0.2) is 12.9 Å². The van der Waals surface area contributed by atoms with Crippen molar-refractivity contribution >= 4 is 11.9 Å². The van der Waals surface area contributed by atoms with Crippen molar-refractivity contribution in [1.82, 2.24) is 0 Å². The third-order valence-electron chi connectivity index (χ3n) is 10.4. The Morgan fingerprint density at radius 1 is 0.935 bits per heavy atom. The molecule has 0 aliphatic heterocycles. The lowest BCUT2D eigenvalue weighted by Crippen LogP contribution is -2.58. The van der Waals surface area contributed by atoms with Crippen LogP contribution >= 0.6 is 0 Å². The van der Waals surface area contributed by atoms with Gasteiger partial charge in [0.15, 0.2) is 5.78 Å². The van der Waals surface area contributed by atoms with E-state index in [1.807, 2.05) is 12.1 Å². The first-order valence-corrected chi connectivity index (χ1v) is 12.6. The number of methoxy groups -OCH3 is 1. The van der Waals surface area contributed by atoms with Gasteiger partial charge in [-0.2, -0.15) is 0 Å². The zero-order chi connectivity index (χ0) is 22.0.